The van der Waals surface area contributed by atoms with Gasteiger partial charge in [0.05, 0.1) is 6.61 Å². The Morgan fingerprint density at radius 2 is 2.00 bits per heavy atom. The molecule has 0 aliphatic heterocycles. The first-order chi connectivity index (χ1) is 5.84. The maximum atomic E-state index is 13.0. The summed E-state index contributed by atoms with van der Waals surface area (Å²) in [7, 11) is 0. The third kappa shape index (κ3) is 2.60. The molecule has 0 saturated heterocycles. The van der Waals surface area contributed by atoms with Gasteiger partial charge >= 0.3 is 0 Å². The van der Waals surface area contributed by atoms with Crippen LogP contribution < -0.4 is 0 Å². The predicted octanol–water partition coefficient (Wildman–Crippen LogP) is 2.62. The van der Waals surface area contributed by atoms with E-state index in [-0.39, 0.29) is 0 Å². The molecule has 0 saturated carbocycles. The quantitative estimate of drug-likeness (QED) is 0.510. The Morgan fingerprint density at radius 3 is 2.58 bits per heavy atom. The Labute approximate surface area is 70.8 Å². The van der Waals surface area contributed by atoms with E-state index in [0.717, 1.165) is 0 Å². The van der Waals surface area contributed by atoms with Crippen molar-refractivity contribution in [3.8, 4) is 0 Å². The SMILES string of the molecule is CCOOC(F)c1ccccc1. The second-order valence-electron chi connectivity index (χ2n) is 2.23. The van der Waals surface area contributed by atoms with Crippen molar-refractivity contribution < 1.29 is 14.2 Å². The average Bonchev–Trinajstić information content (AvgIpc) is 2.15. The summed E-state index contributed by atoms with van der Waals surface area (Å²) in [5.74, 6) is 0. The minimum absolute atomic E-state index is 0.341. The summed E-state index contributed by atoms with van der Waals surface area (Å²) in [5, 5.41) is 0. The summed E-state index contributed by atoms with van der Waals surface area (Å²) in [5.41, 5.74) is 0.464. The minimum atomic E-state index is -1.49. The van der Waals surface area contributed by atoms with E-state index in [4.69, 9.17) is 0 Å². The van der Waals surface area contributed by atoms with Gasteiger partial charge in [0, 0.05) is 5.56 Å². The summed E-state index contributed by atoms with van der Waals surface area (Å²) in [6.45, 7) is 2.07. The van der Waals surface area contributed by atoms with Crippen molar-refractivity contribution in [2.75, 3.05) is 6.61 Å². The molecule has 1 atom stereocenters. The summed E-state index contributed by atoms with van der Waals surface area (Å²) >= 11 is 0. The van der Waals surface area contributed by atoms with Gasteiger partial charge in [-0.2, -0.15) is 4.89 Å². The van der Waals surface area contributed by atoms with Gasteiger partial charge < -0.3 is 0 Å². The fourth-order valence-corrected chi connectivity index (χ4v) is 0.788. The molecular weight excluding hydrogens is 159 g/mol. The Bertz CT molecular complexity index is 213. The maximum absolute atomic E-state index is 13.0. The van der Waals surface area contributed by atoms with E-state index in [9.17, 15) is 4.39 Å². The lowest BCUT2D eigenvalue weighted by molar-refractivity contribution is -0.353. The van der Waals surface area contributed by atoms with E-state index < -0.39 is 6.36 Å². The van der Waals surface area contributed by atoms with Gasteiger partial charge in [-0.05, 0) is 6.92 Å². The first kappa shape index (κ1) is 9.16. The van der Waals surface area contributed by atoms with E-state index >= 15 is 0 Å². The number of hydrogen-bond donors (Lipinski definition) is 0. The molecule has 0 aliphatic rings. The molecule has 0 radical (unpaired) electrons. The fraction of sp³-hybridized carbons (Fsp3) is 0.333. The second-order valence-corrected chi connectivity index (χ2v) is 2.23. The zero-order chi connectivity index (χ0) is 8.81. The van der Waals surface area contributed by atoms with E-state index in [2.05, 4.69) is 9.78 Å². The molecule has 0 spiro atoms. The van der Waals surface area contributed by atoms with Crippen LogP contribution in [0.2, 0.25) is 0 Å². The molecule has 3 heteroatoms. The lowest BCUT2D eigenvalue weighted by atomic mass is 10.2. The average molecular weight is 170 g/mol. The van der Waals surface area contributed by atoms with Crippen LogP contribution in [0.25, 0.3) is 0 Å². The summed E-state index contributed by atoms with van der Waals surface area (Å²) in [4.78, 5) is 8.89. The normalized spacial score (nSPS) is 12.8. The van der Waals surface area contributed by atoms with Crippen LogP contribution in [0.4, 0.5) is 4.39 Å². The zero-order valence-corrected chi connectivity index (χ0v) is 6.87. The number of hydrogen-bond acceptors (Lipinski definition) is 2. The number of benzene rings is 1. The standard InChI is InChI=1S/C9H11FO2/c1-2-11-12-9(10)8-6-4-3-5-7-8/h3-7,9H,2H2,1H3. The number of rotatable bonds is 4. The van der Waals surface area contributed by atoms with E-state index in [1.54, 1.807) is 31.2 Å². The molecule has 12 heavy (non-hydrogen) atoms. The molecule has 2 nitrogen and oxygen atoms in total. The van der Waals surface area contributed by atoms with Crippen molar-refractivity contribution in [1.82, 2.24) is 0 Å². The van der Waals surface area contributed by atoms with Crippen LogP contribution in [0.3, 0.4) is 0 Å². The van der Waals surface area contributed by atoms with Gasteiger partial charge in [-0.3, -0.25) is 0 Å². The predicted molar refractivity (Wildman–Crippen MR) is 43.0 cm³/mol. The van der Waals surface area contributed by atoms with Crippen molar-refractivity contribution >= 4 is 0 Å². The van der Waals surface area contributed by atoms with Gasteiger partial charge in [-0.1, -0.05) is 30.3 Å². The molecule has 0 bridgehead atoms. The first-order valence-electron chi connectivity index (χ1n) is 3.82. The second kappa shape index (κ2) is 4.85. The molecule has 1 unspecified atom stereocenters. The highest BCUT2D eigenvalue weighted by atomic mass is 19.1. The summed E-state index contributed by atoms with van der Waals surface area (Å²) < 4.78 is 13.0. The van der Waals surface area contributed by atoms with Crippen molar-refractivity contribution in [1.29, 1.82) is 0 Å². The molecule has 1 aromatic carbocycles. The molecule has 0 aromatic heterocycles. The van der Waals surface area contributed by atoms with Crippen LogP contribution in [-0.4, -0.2) is 6.61 Å². The summed E-state index contributed by atoms with van der Waals surface area (Å²) in [6, 6.07) is 8.60. The molecule has 0 fully saturated rings. The number of halogens is 1. The molecular formula is C9H11FO2. The molecule has 1 aromatic rings. The van der Waals surface area contributed by atoms with Crippen LogP contribution in [-0.2, 0) is 9.78 Å². The molecule has 0 aliphatic carbocycles. The Hall–Kier alpha value is -0.930. The molecule has 0 N–H and O–H groups in total. The van der Waals surface area contributed by atoms with Crippen molar-refractivity contribution in [2.45, 2.75) is 13.3 Å². The molecule has 66 valence electrons. The smallest absolute Gasteiger partial charge is 0.234 e. The van der Waals surface area contributed by atoms with E-state index in [1.165, 1.54) is 0 Å². The van der Waals surface area contributed by atoms with Crippen LogP contribution in [0, 0.1) is 0 Å². The fourth-order valence-electron chi connectivity index (χ4n) is 0.788. The van der Waals surface area contributed by atoms with Gasteiger partial charge in [-0.25, -0.2) is 9.28 Å². The third-order valence-corrected chi connectivity index (χ3v) is 1.33. The topological polar surface area (TPSA) is 18.5 Å². The highest BCUT2D eigenvalue weighted by Gasteiger charge is 2.08. The highest BCUT2D eigenvalue weighted by Crippen LogP contribution is 2.17. The third-order valence-electron chi connectivity index (χ3n) is 1.33. The molecule has 0 amide bonds. The number of alkyl halides is 1. The van der Waals surface area contributed by atoms with Gasteiger partial charge in [0.2, 0.25) is 0 Å². The van der Waals surface area contributed by atoms with Gasteiger partial charge in [-0.15, -0.1) is 0 Å². The highest BCUT2D eigenvalue weighted by molar-refractivity contribution is 5.15. The minimum Gasteiger partial charge on any atom is -0.234 e. The molecule has 1 rings (SSSR count). The van der Waals surface area contributed by atoms with Crippen LogP contribution in [0.5, 0.6) is 0 Å². The van der Waals surface area contributed by atoms with Crippen LogP contribution in [0.1, 0.15) is 18.8 Å². The summed E-state index contributed by atoms with van der Waals surface area (Å²) in [6.07, 6.45) is -1.49. The largest absolute Gasteiger partial charge is 0.256 e. The molecule has 0 heterocycles. The van der Waals surface area contributed by atoms with Crippen molar-refractivity contribution in [2.24, 2.45) is 0 Å². The zero-order valence-electron chi connectivity index (χ0n) is 6.87. The van der Waals surface area contributed by atoms with Crippen molar-refractivity contribution in [3.63, 3.8) is 0 Å². The van der Waals surface area contributed by atoms with Gasteiger partial charge in [0.15, 0.2) is 0 Å². The van der Waals surface area contributed by atoms with Gasteiger partial charge in [0.25, 0.3) is 6.36 Å². The van der Waals surface area contributed by atoms with Crippen molar-refractivity contribution in [3.05, 3.63) is 35.9 Å². The van der Waals surface area contributed by atoms with Crippen LogP contribution >= 0.6 is 0 Å². The maximum Gasteiger partial charge on any atom is 0.256 e. The van der Waals surface area contributed by atoms with E-state index in [1.807, 2.05) is 6.07 Å². The lowest BCUT2D eigenvalue weighted by Gasteiger charge is -2.06. The Kier molecular flexibility index (Phi) is 3.70. The Morgan fingerprint density at radius 1 is 1.33 bits per heavy atom. The monoisotopic (exact) mass is 170 g/mol. The van der Waals surface area contributed by atoms with Gasteiger partial charge in [0.1, 0.15) is 0 Å². The first-order valence-corrected chi connectivity index (χ1v) is 3.82. The lowest BCUT2D eigenvalue weighted by Crippen LogP contribution is -1.99. The van der Waals surface area contributed by atoms with E-state index in [0.29, 0.717) is 12.2 Å². The Balaban J connectivity index is 2.48. The van der Waals surface area contributed by atoms with Crippen LogP contribution in [0.15, 0.2) is 30.3 Å².